The molecule has 31 heavy (non-hydrogen) atoms. The Morgan fingerprint density at radius 3 is 2.48 bits per heavy atom. The Balaban J connectivity index is 1.60. The van der Waals surface area contributed by atoms with Crippen LogP contribution >= 0.6 is 11.3 Å². The molecule has 0 aliphatic carbocycles. The summed E-state index contributed by atoms with van der Waals surface area (Å²) in [6.45, 7) is 3.20. The van der Waals surface area contributed by atoms with Gasteiger partial charge in [0.1, 0.15) is 11.5 Å². The van der Waals surface area contributed by atoms with Crippen LogP contribution in [0, 0.1) is 6.92 Å². The van der Waals surface area contributed by atoms with Crippen LogP contribution in [0.15, 0.2) is 40.1 Å². The number of Topliss-reactive ketones (excluding diaryl/α,β-unsaturated/α-hetero) is 1. The van der Waals surface area contributed by atoms with E-state index in [1.165, 1.54) is 29.6 Å². The smallest absolute Gasteiger partial charge is 0.231 e. The van der Waals surface area contributed by atoms with E-state index in [1.54, 1.807) is 37.3 Å². The summed E-state index contributed by atoms with van der Waals surface area (Å²) in [7, 11) is -1.83. The van der Waals surface area contributed by atoms with Crippen molar-refractivity contribution >= 4 is 43.9 Å². The Kier molecular flexibility index (Phi) is 6.61. The highest BCUT2D eigenvalue weighted by atomic mass is 32.2. The number of carbonyl (C=O) groups excluding carboxylic acids is 2. The number of nitrogens with zero attached hydrogens (tertiary/aromatic N) is 2. The number of aromatic nitrogens is 1. The fourth-order valence-corrected chi connectivity index (χ4v) is 4.17. The van der Waals surface area contributed by atoms with E-state index >= 15 is 0 Å². The first-order chi connectivity index (χ1) is 14.5. The Morgan fingerprint density at radius 2 is 1.90 bits per heavy atom. The lowest BCUT2D eigenvalue weighted by Gasteiger charge is -2.16. The molecule has 0 radical (unpaired) electrons. The molecule has 0 unspecified atom stereocenters. The lowest BCUT2D eigenvalue weighted by atomic mass is 10.1. The zero-order valence-corrected chi connectivity index (χ0v) is 19.3. The molecular formula is C21H23N3O5S2. The van der Waals surface area contributed by atoms with Crippen molar-refractivity contribution in [2.75, 3.05) is 22.9 Å². The minimum Gasteiger partial charge on any atom is -0.466 e. The second-order valence-corrected chi connectivity index (χ2v) is 9.97. The van der Waals surface area contributed by atoms with Crippen LogP contribution in [-0.4, -0.2) is 38.4 Å². The van der Waals surface area contributed by atoms with Gasteiger partial charge in [0.05, 0.1) is 23.2 Å². The molecule has 0 aliphatic heterocycles. The Labute approximate surface area is 185 Å². The van der Waals surface area contributed by atoms with Gasteiger partial charge in [-0.1, -0.05) is 12.1 Å². The van der Waals surface area contributed by atoms with Gasteiger partial charge in [-0.25, -0.2) is 13.4 Å². The zero-order chi connectivity index (χ0) is 22.8. The summed E-state index contributed by atoms with van der Waals surface area (Å²) in [6, 6.07) is 8.65. The molecule has 1 aromatic carbocycles. The topological polar surface area (TPSA) is 110 Å². The molecule has 0 fully saturated rings. The van der Waals surface area contributed by atoms with Crippen LogP contribution in [0.25, 0.3) is 11.3 Å². The van der Waals surface area contributed by atoms with Crippen molar-refractivity contribution in [2.24, 2.45) is 0 Å². The summed E-state index contributed by atoms with van der Waals surface area (Å²) in [4.78, 5) is 28.2. The summed E-state index contributed by atoms with van der Waals surface area (Å²) < 4.78 is 30.0. The van der Waals surface area contributed by atoms with Crippen molar-refractivity contribution in [1.82, 2.24) is 4.98 Å². The van der Waals surface area contributed by atoms with E-state index in [1.807, 2.05) is 5.38 Å². The van der Waals surface area contributed by atoms with Crippen LogP contribution in [0.2, 0.25) is 0 Å². The van der Waals surface area contributed by atoms with E-state index in [0.717, 1.165) is 11.8 Å². The van der Waals surface area contributed by atoms with E-state index in [9.17, 15) is 18.0 Å². The van der Waals surface area contributed by atoms with Gasteiger partial charge in [-0.3, -0.25) is 13.9 Å². The van der Waals surface area contributed by atoms with E-state index in [0.29, 0.717) is 40.0 Å². The third kappa shape index (κ3) is 5.59. The van der Waals surface area contributed by atoms with E-state index in [-0.39, 0.29) is 18.1 Å². The van der Waals surface area contributed by atoms with Gasteiger partial charge in [0.25, 0.3) is 0 Å². The fourth-order valence-electron chi connectivity index (χ4n) is 2.93. The molecule has 3 aromatic rings. The number of rotatable bonds is 8. The molecule has 10 heteroatoms. The molecule has 8 nitrogen and oxygen atoms in total. The summed E-state index contributed by atoms with van der Waals surface area (Å²) in [5.74, 6) is 0.880. The number of hydrogen-bond acceptors (Lipinski definition) is 7. The number of benzene rings is 1. The number of hydrogen-bond donors (Lipinski definition) is 1. The van der Waals surface area contributed by atoms with Crippen LogP contribution in [-0.2, 0) is 21.2 Å². The number of amides is 1. The summed E-state index contributed by atoms with van der Waals surface area (Å²) in [5.41, 5.74) is 2.58. The van der Waals surface area contributed by atoms with Gasteiger partial charge in [-0.2, -0.15) is 0 Å². The van der Waals surface area contributed by atoms with Gasteiger partial charge in [-0.15, -0.1) is 11.3 Å². The zero-order valence-electron chi connectivity index (χ0n) is 17.6. The number of anilines is 2. The molecule has 164 valence electrons. The predicted octanol–water partition coefficient (Wildman–Crippen LogP) is 3.88. The van der Waals surface area contributed by atoms with Crippen LogP contribution in [0.3, 0.4) is 0 Å². The SMILES string of the molecule is CC(=O)c1cc(CCC(=O)Nc2nc(-c3ccc(N(C)S(C)(=O)=O)cc3)cs2)oc1C. The monoisotopic (exact) mass is 461 g/mol. The van der Waals surface area contributed by atoms with Gasteiger partial charge in [0.15, 0.2) is 10.9 Å². The molecule has 1 N–H and O–H groups in total. The molecule has 0 saturated heterocycles. The van der Waals surface area contributed by atoms with Crippen LogP contribution in [0.5, 0.6) is 0 Å². The highest BCUT2D eigenvalue weighted by Crippen LogP contribution is 2.27. The quantitative estimate of drug-likeness (QED) is 0.510. The second-order valence-electron chi connectivity index (χ2n) is 7.10. The third-order valence-electron chi connectivity index (χ3n) is 4.72. The van der Waals surface area contributed by atoms with Gasteiger partial charge in [0, 0.05) is 30.8 Å². The molecule has 3 rings (SSSR count). The lowest BCUT2D eigenvalue weighted by molar-refractivity contribution is -0.116. The molecule has 0 saturated carbocycles. The number of aryl methyl sites for hydroxylation is 2. The highest BCUT2D eigenvalue weighted by molar-refractivity contribution is 7.92. The maximum Gasteiger partial charge on any atom is 0.231 e. The van der Waals surface area contributed by atoms with Crippen LogP contribution < -0.4 is 9.62 Å². The Bertz CT molecular complexity index is 1210. The average Bonchev–Trinajstić information content (AvgIpc) is 3.31. The molecular weight excluding hydrogens is 438 g/mol. The number of thiazole rings is 1. The molecule has 1 amide bonds. The summed E-state index contributed by atoms with van der Waals surface area (Å²) in [5, 5.41) is 5.06. The first kappa shape index (κ1) is 22.7. The largest absolute Gasteiger partial charge is 0.466 e. The number of furan rings is 1. The van der Waals surface area contributed by atoms with Gasteiger partial charge >= 0.3 is 0 Å². The summed E-state index contributed by atoms with van der Waals surface area (Å²) in [6.07, 6.45) is 1.73. The standard InChI is InChI=1S/C21H23N3O5S2/c1-13(25)18-11-17(29-14(18)2)9-10-20(26)23-21-22-19(12-30-21)15-5-7-16(8-6-15)24(3)31(4,27)28/h5-8,11-12H,9-10H2,1-4H3,(H,22,23,26). The maximum atomic E-state index is 12.3. The van der Waals surface area contributed by atoms with Crippen LogP contribution in [0.1, 0.15) is 35.2 Å². The van der Waals surface area contributed by atoms with Crippen LogP contribution in [0.4, 0.5) is 10.8 Å². The Morgan fingerprint density at radius 1 is 1.23 bits per heavy atom. The number of nitrogens with one attached hydrogen (secondary N) is 1. The van der Waals surface area contributed by atoms with E-state index < -0.39 is 10.0 Å². The van der Waals surface area contributed by atoms with Crippen molar-refractivity contribution in [3.05, 3.63) is 52.8 Å². The van der Waals surface area contributed by atoms with Gasteiger partial charge in [0.2, 0.25) is 15.9 Å². The van der Waals surface area contributed by atoms with Crippen molar-refractivity contribution < 1.29 is 22.4 Å². The van der Waals surface area contributed by atoms with Crippen molar-refractivity contribution in [3.63, 3.8) is 0 Å². The summed E-state index contributed by atoms with van der Waals surface area (Å²) >= 11 is 1.30. The van der Waals surface area contributed by atoms with E-state index in [2.05, 4.69) is 10.3 Å². The first-order valence-electron chi connectivity index (χ1n) is 9.44. The third-order valence-corrected chi connectivity index (χ3v) is 6.68. The molecule has 0 atom stereocenters. The predicted molar refractivity (Wildman–Crippen MR) is 121 cm³/mol. The van der Waals surface area contributed by atoms with Crippen molar-refractivity contribution in [2.45, 2.75) is 26.7 Å². The molecule has 0 spiro atoms. The second kappa shape index (κ2) is 9.03. The average molecular weight is 462 g/mol. The molecule has 2 aromatic heterocycles. The molecule has 2 heterocycles. The van der Waals surface area contributed by atoms with Crippen molar-refractivity contribution in [3.8, 4) is 11.3 Å². The minimum absolute atomic E-state index is 0.0664. The van der Waals surface area contributed by atoms with Crippen molar-refractivity contribution in [1.29, 1.82) is 0 Å². The molecule has 0 aliphatic rings. The number of sulfonamides is 1. The lowest BCUT2D eigenvalue weighted by Crippen LogP contribution is -2.24. The number of ketones is 1. The normalized spacial score (nSPS) is 11.4. The minimum atomic E-state index is -3.32. The Hall–Kier alpha value is -2.98. The maximum absolute atomic E-state index is 12.3. The first-order valence-corrected chi connectivity index (χ1v) is 12.2. The van der Waals surface area contributed by atoms with Gasteiger partial charge in [-0.05, 0) is 32.0 Å². The van der Waals surface area contributed by atoms with E-state index in [4.69, 9.17) is 4.42 Å². The molecule has 0 bridgehead atoms. The number of carbonyl (C=O) groups is 2. The van der Waals surface area contributed by atoms with Gasteiger partial charge < -0.3 is 9.73 Å². The fraction of sp³-hybridized carbons (Fsp3) is 0.286. The highest BCUT2D eigenvalue weighted by Gasteiger charge is 2.15.